The van der Waals surface area contributed by atoms with Crippen LogP contribution in [0, 0.1) is 11.8 Å². The van der Waals surface area contributed by atoms with Crippen LogP contribution >= 0.6 is 0 Å². The van der Waals surface area contributed by atoms with Gasteiger partial charge in [0, 0.05) is 11.3 Å². The number of H-pyrrole nitrogens is 1. The first kappa shape index (κ1) is 29.8. The summed E-state index contributed by atoms with van der Waals surface area (Å²) < 4.78 is 31.2. The number of aldehydes is 1. The molecule has 1 saturated carbocycles. The number of alkyl halides is 3. The van der Waals surface area contributed by atoms with Crippen LogP contribution in [0.15, 0.2) is 72.8 Å². The molecule has 7 nitrogen and oxygen atoms in total. The number of hydrogen-bond donors (Lipinski definition) is 4. The Hall–Kier alpha value is -4.18. The lowest BCUT2D eigenvalue weighted by molar-refractivity contribution is -0.156. The third-order valence-electron chi connectivity index (χ3n) is 7.50. The summed E-state index contributed by atoms with van der Waals surface area (Å²) in [7, 11) is 0. The highest BCUT2D eigenvalue weighted by molar-refractivity contribution is 5.91. The van der Waals surface area contributed by atoms with Crippen molar-refractivity contribution in [2.24, 2.45) is 17.6 Å². The van der Waals surface area contributed by atoms with E-state index in [-0.39, 0.29) is 17.9 Å². The molecule has 3 aromatic carbocycles. The lowest BCUT2D eigenvalue weighted by Crippen LogP contribution is -2.37. The van der Waals surface area contributed by atoms with Crippen LogP contribution in [0.5, 0.6) is 0 Å². The number of nitrogens with two attached hydrogens (primary N) is 2. The minimum absolute atomic E-state index is 0.0625. The molecule has 216 valence electrons. The van der Waals surface area contributed by atoms with Gasteiger partial charge in [0.2, 0.25) is 12.2 Å². The second-order valence-corrected chi connectivity index (χ2v) is 10.4. The number of fused-ring (bicyclic) bond motifs is 1. The first-order chi connectivity index (χ1) is 19.7. The van der Waals surface area contributed by atoms with Crippen LogP contribution in [-0.2, 0) is 16.0 Å². The highest BCUT2D eigenvalue weighted by Gasteiger charge is 2.28. The van der Waals surface area contributed by atoms with Crippen molar-refractivity contribution in [1.82, 2.24) is 15.5 Å². The Morgan fingerprint density at radius 1 is 1.00 bits per heavy atom. The minimum atomic E-state index is -4.64. The van der Waals surface area contributed by atoms with Crippen LogP contribution in [-0.4, -0.2) is 35.1 Å². The number of nitrogens with zero attached hydrogens (tertiary/aromatic N) is 1. The Labute approximate surface area is 236 Å². The molecule has 1 aromatic heterocycles. The summed E-state index contributed by atoms with van der Waals surface area (Å²) in [4.78, 5) is 22.0. The quantitative estimate of drug-likeness (QED) is 0.213. The van der Waals surface area contributed by atoms with Gasteiger partial charge in [0.1, 0.15) is 0 Å². The number of carbonyl (C=O) groups excluding carboxylic acids is 2. The lowest BCUT2D eigenvalue weighted by Gasteiger charge is -2.29. The van der Waals surface area contributed by atoms with Crippen LogP contribution in [0.25, 0.3) is 22.0 Å². The van der Waals surface area contributed by atoms with E-state index in [4.69, 9.17) is 16.3 Å². The van der Waals surface area contributed by atoms with E-state index >= 15 is 0 Å². The zero-order valence-electron chi connectivity index (χ0n) is 22.5. The van der Waals surface area contributed by atoms with Crippen molar-refractivity contribution in [3.8, 4) is 11.1 Å². The second kappa shape index (κ2) is 13.5. The van der Waals surface area contributed by atoms with Crippen LogP contribution in [0.4, 0.5) is 19.0 Å². The third-order valence-corrected chi connectivity index (χ3v) is 7.50. The van der Waals surface area contributed by atoms with E-state index in [1.54, 1.807) is 0 Å². The molecule has 0 saturated heterocycles. The zero-order chi connectivity index (χ0) is 29.4. The Morgan fingerprint density at radius 2 is 1.68 bits per heavy atom. The Balaban J connectivity index is 0.000000585. The molecule has 1 atom stereocenters. The van der Waals surface area contributed by atoms with Gasteiger partial charge in [0.25, 0.3) is 0 Å². The number of rotatable bonds is 7. The van der Waals surface area contributed by atoms with Gasteiger partial charge in [-0.3, -0.25) is 14.7 Å². The van der Waals surface area contributed by atoms with Gasteiger partial charge in [-0.15, -0.1) is 0 Å². The van der Waals surface area contributed by atoms with Gasteiger partial charge in [-0.1, -0.05) is 54.6 Å². The summed E-state index contributed by atoms with van der Waals surface area (Å²) in [5.41, 5.74) is 17.2. The third kappa shape index (κ3) is 8.17. The number of nitrogen functional groups attached to an aromatic ring is 1. The molecule has 1 aliphatic carbocycles. The average Bonchev–Trinajstić information content (AvgIpc) is 3.37. The number of aromatic amines is 1. The standard InChI is InChI=1S/C29H33N5O.C2HF3O/c30-18-20-9-11-21(12-10-20)29(35)32-26(15-19-5-2-1-3-6-19)24-8-4-7-22(16-24)23-13-14-25-27(17-23)33-34-28(25)31;3-2(4,5)1-6/h1-8,13-14,16-17,20-21,26H,9-12,15,18,30H2,(H,32,35)(H3,31,33,34);1H/t20?,21?,26-;/m1./s1. The summed E-state index contributed by atoms with van der Waals surface area (Å²) in [6, 6.07) is 24.8. The Morgan fingerprint density at radius 3 is 2.34 bits per heavy atom. The van der Waals surface area contributed by atoms with E-state index in [1.807, 2.05) is 24.3 Å². The minimum Gasteiger partial charge on any atom is -0.382 e. The number of carbonyl (C=O) groups is 2. The van der Waals surface area contributed by atoms with E-state index in [2.05, 4.69) is 64.0 Å². The molecule has 0 spiro atoms. The smallest absolute Gasteiger partial charge is 0.382 e. The predicted molar refractivity (Wildman–Crippen MR) is 154 cm³/mol. The van der Waals surface area contributed by atoms with Crippen molar-refractivity contribution in [3.05, 3.63) is 83.9 Å². The van der Waals surface area contributed by atoms with Gasteiger partial charge in [-0.05, 0) is 85.0 Å². The predicted octanol–water partition coefficient (Wildman–Crippen LogP) is 5.72. The normalized spacial score (nSPS) is 17.8. The molecule has 0 unspecified atom stereocenters. The van der Waals surface area contributed by atoms with Crippen molar-refractivity contribution >= 4 is 28.9 Å². The van der Waals surface area contributed by atoms with E-state index in [0.717, 1.165) is 59.7 Å². The SMILES string of the molecule is NCC1CCC(C(=O)N[C@H](Cc2ccccc2)c2cccc(-c3ccc4c(N)n[nH]c4c3)c2)CC1.O=CC(F)(F)F. The largest absolute Gasteiger partial charge is 0.446 e. The van der Waals surface area contributed by atoms with E-state index in [9.17, 15) is 18.0 Å². The van der Waals surface area contributed by atoms with Crippen molar-refractivity contribution in [3.63, 3.8) is 0 Å². The van der Waals surface area contributed by atoms with Crippen molar-refractivity contribution in [2.75, 3.05) is 12.3 Å². The summed E-state index contributed by atoms with van der Waals surface area (Å²) >= 11 is 0. The maximum Gasteiger partial charge on any atom is 0.446 e. The summed E-state index contributed by atoms with van der Waals surface area (Å²) in [5, 5.41) is 11.4. The number of benzene rings is 3. The lowest BCUT2D eigenvalue weighted by atomic mass is 9.81. The van der Waals surface area contributed by atoms with Gasteiger partial charge in [0.05, 0.1) is 11.6 Å². The summed E-state index contributed by atoms with van der Waals surface area (Å²) in [6.45, 7) is 0.717. The van der Waals surface area contributed by atoms with Crippen LogP contribution in [0.2, 0.25) is 0 Å². The van der Waals surface area contributed by atoms with Gasteiger partial charge in [-0.2, -0.15) is 18.3 Å². The molecule has 6 N–H and O–H groups in total. The Kier molecular flexibility index (Phi) is 9.78. The fourth-order valence-electron chi connectivity index (χ4n) is 5.21. The van der Waals surface area contributed by atoms with Crippen molar-refractivity contribution in [2.45, 2.75) is 44.3 Å². The second-order valence-electron chi connectivity index (χ2n) is 10.4. The molecule has 0 radical (unpaired) electrons. The molecule has 1 aliphatic rings. The number of hydrogen-bond acceptors (Lipinski definition) is 5. The molecule has 41 heavy (non-hydrogen) atoms. The summed E-state index contributed by atoms with van der Waals surface area (Å²) in [6.07, 6.45) is -1.06. The van der Waals surface area contributed by atoms with Gasteiger partial charge in [-0.25, -0.2) is 0 Å². The highest BCUT2D eigenvalue weighted by atomic mass is 19.4. The maximum atomic E-state index is 13.3. The first-order valence-electron chi connectivity index (χ1n) is 13.6. The molecule has 1 amide bonds. The highest BCUT2D eigenvalue weighted by Crippen LogP contribution is 2.31. The topological polar surface area (TPSA) is 127 Å². The van der Waals surface area contributed by atoms with Crippen molar-refractivity contribution in [1.29, 1.82) is 0 Å². The molecule has 0 bridgehead atoms. The molecule has 0 aliphatic heterocycles. The molecule has 1 heterocycles. The summed E-state index contributed by atoms with van der Waals surface area (Å²) in [5.74, 6) is 1.28. The number of anilines is 1. The average molecular weight is 566 g/mol. The van der Waals surface area contributed by atoms with E-state index < -0.39 is 12.5 Å². The van der Waals surface area contributed by atoms with Gasteiger partial charge >= 0.3 is 6.18 Å². The van der Waals surface area contributed by atoms with Crippen LogP contribution in [0.1, 0.15) is 42.9 Å². The molecular weight excluding hydrogens is 531 g/mol. The van der Waals surface area contributed by atoms with Crippen LogP contribution in [0.3, 0.4) is 0 Å². The number of nitrogens with one attached hydrogen (secondary N) is 2. The zero-order valence-corrected chi connectivity index (χ0v) is 22.5. The number of aromatic nitrogens is 2. The Bertz CT molecular complexity index is 1450. The molecule has 4 aromatic rings. The van der Waals surface area contributed by atoms with E-state index in [0.29, 0.717) is 18.3 Å². The van der Waals surface area contributed by atoms with E-state index in [1.165, 1.54) is 5.56 Å². The fourth-order valence-corrected chi connectivity index (χ4v) is 5.21. The van der Waals surface area contributed by atoms with Crippen molar-refractivity contribution < 1.29 is 22.8 Å². The molecule has 1 fully saturated rings. The fraction of sp³-hybridized carbons (Fsp3) is 0.323. The molecule has 10 heteroatoms. The molecule has 5 rings (SSSR count). The van der Waals surface area contributed by atoms with Gasteiger partial charge in [0.15, 0.2) is 5.82 Å². The number of halogens is 3. The van der Waals surface area contributed by atoms with Crippen LogP contribution < -0.4 is 16.8 Å². The van der Waals surface area contributed by atoms with Gasteiger partial charge < -0.3 is 16.8 Å². The number of amides is 1. The maximum absolute atomic E-state index is 13.3. The monoisotopic (exact) mass is 565 g/mol. The first-order valence-corrected chi connectivity index (χ1v) is 13.6. The molecular formula is C31H34F3N5O2.